The van der Waals surface area contributed by atoms with Crippen molar-refractivity contribution in [2.24, 2.45) is 5.92 Å². The number of benzene rings is 1. The van der Waals surface area contributed by atoms with Crippen LogP contribution in [0.4, 0.5) is 5.69 Å². The topological polar surface area (TPSA) is 32.7 Å². The second-order valence-corrected chi connectivity index (χ2v) is 5.95. The first-order valence-corrected chi connectivity index (χ1v) is 7.69. The number of anilines is 1. The van der Waals surface area contributed by atoms with Crippen molar-refractivity contribution in [2.75, 3.05) is 25.6 Å². The summed E-state index contributed by atoms with van der Waals surface area (Å²) in [5.41, 5.74) is 1.98. The molecule has 1 aliphatic rings. The highest BCUT2D eigenvalue weighted by molar-refractivity contribution is 5.60. The van der Waals surface area contributed by atoms with Crippen molar-refractivity contribution in [3.63, 3.8) is 0 Å². The van der Waals surface area contributed by atoms with Gasteiger partial charge in [-0.15, -0.1) is 0 Å². The molecule has 1 aliphatic carbocycles. The summed E-state index contributed by atoms with van der Waals surface area (Å²) in [7, 11) is 3.78. The average molecular weight is 277 g/mol. The SMILES string of the molecule is COc1cccc(N(C)CC2CCCCC2)c1[C@@H](C)O. The van der Waals surface area contributed by atoms with Gasteiger partial charge in [-0.1, -0.05) is 25.3 Å². The Labute approximate surface area is 122 Å². The molecule has 1 saturated carbocycles. The molecule has 0 radical (unpaired) electrons. The van der Waals surface area contributed by atoms with Gasteiger partial charge in [-0.05, 0) is 37.8 Å². The molecule has 20 heavy (non-hydrogen) atoms. The smallest absolute Gasteiger partial charge is 0.126 e. The summed E-state index contributed by atoms with van der Waals surface area (Å²) in [4.78, 5) is 2.28. The molecule has 0 amide bonds. The van der Waals surface area contributed by atoms with E-state index in [1.54, 1.807) is 14.0 Å². The average Bonchev–Trinajstić information content (AvgIpc) is 2.47. The Bertz CT molecular complexity index is 425. The van der Waals surface area contributed by atoms with Gasteiger partial charge in [0.2, 0.25) is 0 Å². The summed E-state index contributed by atoms with van der Waals surface area (Å²) in [6.45, 7) is 2.86. The Kier molecular flexibility index (Phi) is 5.30. The van der Waals surface area contributed by atoms with Crippen LogP contribution in [0.25, 0.3) is 0 Å². The van der Waals surface area contributed by atoms with E-state index in [0.717, 1.165) is 29.5 Å². The maximum Gasteiger partial charge on any atom is 0.126 e. The summed E-state index contributed by atoms with van der Waals surface area (Å²) in [5, 5.41) is 10.1. The van der Waals surface area contributed by atoms with Crippen molar-refractivity contribution in [2.45, 2.75) is 45.1 Å². The van der Waals surface area contributed by atoms with Gasteiger partial charge in [0.25, 0.3) is 0 Å². The van der Waals surface area contributed by atoms with Gasteiger partial charge in [0.15, 0.2) is 0 Å². The van der Waals surface area contributed by atoms with Crippen LogP contribution in [0.2, 0.25) is 0 Å². The van der Waals surface area contributed by atoms with E-state index in [0.29, 0.717) is 0 Å². The lowest BCUT2D eigenvalue weighted by Crippen LogP contribution is -2.28. The zero-order valence-corrected chi connectivity index (χ0v) is 12.9. The van der Waals surface area contributed by atoms with E-state index in [1.165, 1.54) is 32.1 Å². The summed E-state index contributed by atoms with van der Waals surface area (Å²) in [6.07, 6.45) is 6.25. The first-order valence-electron chi connectivity index (χ1n) is 7.69. The highest BCUT2D eigenvalue weighted by Crippen LogP contribution is 2.35. The number of rotatable bonds is 5. The van der Waals surface area contributed by atoms with Crippen molar-refractivity contribution in [1.29, 1.82) is 0 Å². The number of methoxy groups -OCH3 is 1. The van der Waals surface area contributed by atoms with E-state index in [2.05, 4.69) is 18.0 Å². The molecule has 1 aromatic carbocycles. The normalized spacial score (nSPS) is 17.8. The van der Waals surface area contributed by atoms with E-state index < -0.39 is 6.10 Å². The molecule has 0 aliphatic heterocycles. The van der Waals surface area contributed by atoms with E-state index in [4.69, 9.17) is 4.74 Å². The highest BCUT2D eigenvalue weighted by Gasteiger charge is 2.20. The lowest BCUT2D eigenvalue weighted by atomic mass is 9.89. The van der Waals surface area contributed by atoms with Gasteiger partial charge < -0.3 is 14.7 Å². The van der Waals surface area contributed by atoms with Crippen molar-refractivity contribution < 1.29 is 9.84 Å². The molecule has 112 valence electrons. The lowest BCUT2D eigenvalue weighted by molar-refractivity contribution is 0.194. The predicted molar refractivity (Wildman–Crippen MR) is 83.5 cm³/mol. The molecule has 1 N–H and O–H groups in total. The number of nitrogens with zero attached hydrogens (tertiary/aromatic N) is 1. The van der Waals surface area contributed by atoms with E-state index in [1.807, 2.05) is 12.1 Å². The van der Waals surface area contributed by atoms with Crippen molar-refractivity contribution >= 4 is 5.69 Å². The molecule has 0 bridgehead atoms. The number of hydrogen-bond donors (Lipinski definition) is 1. The number of aliphatic hydroxyl groups is 1. The van der Waals surface area contributed by atoms with Crippen LogP contribution in [0, 0.1) is 5.92 Å². The zero-order chi connectivity index (χ0) is 14.5. The molecular weight excluding hydrogens is 250 g/mol. The number of ether oxygens (including phenoxy) is 1. The minimum Gasteiger partial charge on any atom is -0.496 e. The summed E-state index contributed by atoms with van der Waals surface area (Å²) in [5.74, 6) is 1.55. The van der Waals surface area contributed by atoms with Crippen LogP contribution >= 0.6 is 0 Å². The fourth-order valence-corrected chi connectivity index (χ4v) is 3.32. The fraction of sp³-hybridized carbons (Fsp3) is 0.647. The van der Waals surface area contributed by atoms with Crippen LogP contribution < -0.4 is 9.64 Å². The first-order chi connectivity index (χ1) is 9.63. The third-order valence-electron chi connectivity index (χ3n) is 4.35. The first kappa shape index (κ1) is 15.2. The van der Waals surface area contributed by atoms with Gasteiger partial charge in [0.05, 0.1) is 13.2 Å². The second-order valence-electron chi connectivity index (χ2n) is 5.95. The summed E-state index contributed by atoms with van der Waals surface area (Å²) < 4.78 is 5.40. The van der Waals surface area contributed by atoms with Crippen LogP contribution in [0.5, 0.6) is 5.75 Å². The van der Waals surface area contributed by atoms with E-state index >= 15 is 0 Å². The molecular formula is C17H27NO2. The van der Waals surface area contributed by atoms with Crippen molar-refractivity contribution in [3.8, 4) is 5.75 Å². The van der Waals surface area contributed by atoms with Crippen LogP contribution in [-0.2, 0) is 0 Å². The molecule has 2 rings (SSSR count). The monoisotopic (exact) mass is 277 g/mol. The Morgan fingerprint density at radius 3 is 2.60 bits per heavy atom. The molecule has 0 saturated heterocycles. The van der Waals surface area contributed by atoms with E-state index in [-0.39, 0.29) is 0 Å². The number of aliphatic hydroxyl groups excluding tert-OH is 1. The van der Waals surface area contributed by atoms with Gasteiger partial charge in [-0.25, -0.2) is 0 Å². The van der Waals surface area contributed by atoms with Crippen LogP contribution in [0.1, 0.15) is 50.7 Å². The molecule has 0 heterocycles. The Morgan fingerprint density at radius 1 is 1.30 bits per heavy atom. The van der Waals surface area contributed by atoms with Crippen LogP contribution in [0.3, 0.4) is 0 Å². The van der Waals surface area contributed by atoms with Gasteiger partial charge in [0, 0.05) is 24.8 Å². The molecule has 3 nitrogen and oxygen atoms in total. The minimum absolute atomic E-state index is 0.519. The fourth-order valence-electron chi connectivity index (χ4n) is 3.32. The molecule has 1 fully saturated rings. The predicted octanol–water partition coefficient (Wildman–Crippen LogP) is 3.77. The molecule has 0 aromatic heterocycles. The Morgan fingerprint density at radius 2 is 2.00 bits per heavy atom. The second kappa shape index (κ2) is 6.98. The van der Waals surface area contributed by atoms with Crippen LogP contribution in [0.15, 0.2) is 18.2 Å². The third-order valence-corrected chi connectivity index (χ3v) is 4.35. The zero-order valence-electron chi connectivity index (χ0n) is 12.9. The van der Waals surface area contributed by atoms with Gasteiger partial charge >= 0.3 is 0 Å². The van der Waals surface area contributed by atoms with Gasteiger partial charge in [0.1, 0.15) is 5.75 Å². The van der Waals surface area contributed by atoms with Crippen molar-refractivity contribution in [3.05, 3.63) is 23.8 Å². The summed E-state index contributed by atoms with van der Waals surface area (Å²) >= 11 is 0. The lowest BCUT2D eigenvalue weighted by Gasteiger charge is -2.30. The minimum atomic E-state index is -0.519. The Balaban J connectivity index is 2.17. The largest absolute Gasteiger partial charge is 0.496 e. The van der Waals surface area contributed by atoms with E-state index in [9.17, 15) is 5.11 Å². The van der Waals surface area contributed by atoms with Gasteiger partial charge in [-0.2, -0.15) is 0 Å². The van der Waals surface area contributed by atoms with Gasteiger partial charge in [-0.3, -0.25) is 0 Å². The quantitative estimate of drug-likeness (QED) is 0.889. The highest BCUT2D eigenvalue weighted by atomic mass is 16.5. The molecule has 0 spiro atoms. The summed E-state index contributed by atoms with van der Waals surface area (Å²) in [6, 6.07) is 5.99. The number of hydrogen-bond acceptors (Lipinski definition) is 3. The Hall–Kier alpha value is -1.22. The third kappa shape index (κ3) is 3.45. The van der Waals surface area contributed by atoms with Crippen molar-refractivity contribution in [1.82, 2.24) is 0 Å². The molecule has 1 atom stereocenters. The van der Waals surface area contributed by atoms with Crippen LogP contribution in [-0.4, -0.2) is 25.8 Å². The maximum atomic E-state index is 10.1. The standard InChI is InChI=1S/C17H27NO2/c1-13(19)17-15(10-7-11-16(17)20-3)18(2)12-14-8-5-4-6-9-14/h7,10-11,13-14,19H,4-6,8-9,12H2,1-3H3/t13-/m1/s1. The maximum absolute atomic E-state index is 10.1. The molecule has 3 heteroatoms. The molecule has 1 aromatic rings. The molecule has 0 unspecified atom stereocenters.